The van der Waals surface area contributed by atoms with Gasteiger partial charge in [0.15, 0.2) is 0 Å². The lowest BCUT2D eigenvalue weighted by molar-refractivity contribution is -0.117. The molecule has 2 aromatic carbocycles. The van der Waals surface area contributed by atoms with Crippen LogP contribution >= 0.6 is 0 Å². The van der Waals surface area contributed by atoms with Gasteiger partial charge in [0.25, 0.3) is 0 Å². The van der Waals surface area contributed by atoms with E-state index in [9.17, 15) is 14.7 Å². The van der Waals surface area contributed by atoms with Gasteiger partial charge in [-0.1, -0.05) is 45.1 Å². The van der Waals surface area contributed by atoms with Gasteiger partial charge < -0.3 is 28.5 Å². The molecule has 0 spiro atoms. The zero-order chi connectivity index (χ0) is 29.9. The second kappa shape index (κ2) is 12.4. The van der Waals surface area contributed by atoms with Crippen molar-refractivity contribution in [3.63, 3.8) is 0 Å². The predicted molar refractivity (Wildman–Crippen MR) is 158 cm³/mol. The van der Waals surface area contributed by atoms with Crippen LogP contribution in [0.2, 0.25) is 18.1 Å². The number of phenols is 1. The van der Waals surface area contributed by atoms with E-state index >= 15 is 0 Å². The highest BCUT2D eigenvalue weighted by Crippen LogP contribution is 2.40. The second-order valence-corrected chi connectivity index (χ2v) is 17.1. The van der Waals surface area contributed by atoms with E-state index in [2.05, 4.69) is 33.9 Å². The first-order chi connectivity index (χ1) is 19.3. The molecule has 0 unspecified atom stereocenters. The highest BCUT2D eigenvalue weighted by molar-refractivity contribution is 6.74. The number of benzene rings is 2. The molecule has 4 atom stereocenters. The number of Topliss-reactive ketones (excluding diaryl/α,β-unsaturated/α-hetero) is 1. The Hall–Kier alpha value is -3.14. The van der Waals surface area contributed by atoms with Gasteiger partial charge in [0.05, 0.1) is 19.8 Å². The minimum absolute atomic E-state index is 0.00258. The first kappa shape index (κ1) is 30.8. The zero-order valence-electron chi connectivity index (χ0n) is 25.1. The molecule has 4 rings (SSSR count). The summed E-state index contributed by atoms with van der Waals surface area (Å²) in [5, 5.41) is 10.9. The molecule has 1 fully saturated rings. The van der Waals surface area contributed by atoms with E-state index < -0.39 is 20.4 Å². The molecule has 0 aromatic heterocycles. The Morgan fingerprint density at radius 3 is 2.44 bits per heavy atom. The van der Waals surface area contributed by atoms with Crippen molar-refractivity contribution in [3.05, 3.63) is 65.2 Å². The lowest BCUT2D eigenvalue weighted by Crippen LogP contribution is -2.43. The minimum atomic E-state index is -2.23. The van der Waals surface area contributed by atoms with Crippen LogP contribution in [0.15, 0.2) is 48.6 Å². The molecular formula is C32H42O8Si. The number of carbonyl (C=O) groups excluding carboxylic acids is 2. The summed E-state index contributed by atoms with van der Waals surface area (Å²) >= 11 is 0. The molecule has 0 radical (unpaired) electrons. The van der Waals surface area contributed by atoms with E-state index in [1.54, 1.807) is 26.2 Å². The summed E-state index contributed by atoms with van der Waals surface area (Å²) in [6.07, 6.45) is 3.04. The lowest BCUT2D eigenvalue weighted by Gasteiger charge is -2.36. The van der Waals surface area contributed by atoms with Crippen molar-refractivity contribution in [3.8, 4) is 17.2 Å². The van der Waals surface area contributed by atoms with E-state index in [0.29, 0.717) is 24.3 Å². The Bertz CT molecular complexity index is 1280. The third-order valence-electron chi connectivity index (χ3n) is 8.03. The van der Waals surface area contributed by atoms with Gasteiger partial charge in [0, 0.05) is 25.3 Å². The van der Waals surface area contributed by atoms with Gasteiger partial charge in [-0.2, -0.15) is 0 Å². The smallest absolute Gasteiger partial charge is 0.342 e. The van der Waals surface area contributed by atoms with Crippen LogP contribution in [0.4, 0.5) is 0 Å². The Morgan fingerprint density at radius 2 is 1.78 bits per heavy atom. The van der Waals surface area contributed by atoms with Crippen molar-refractivity contribution in [2.45, 2.75) is 96.1 Å². The maximum absolute atomic E-state index is 13.2. The van der Waals surface area contributed by atoms with Crippen LogP contribution in [0.1, 0.15) is 62.0 Å². The molecule has 0 bridgehead atoms. The number of fused-ring (bicyclic) bond motifs is 2. The van der Waals surface area contributed by atoms with Crippen LogP contribution in [-0.4, -0.2) is 56.7 Å². The first-order valence-electron chi connectivity index (χ1n) is 14.1. The van der Waals surface area contributed by atoms with Crippen molar-refractivity contribution in [1.82, 2.24) is 0 Å². The number of ketones is 1. The normalized spacial score (nSPS) is 24.4. The molecular weight excluding hydrogens is 540 g/mol. The van der Waals surface area contributed by atoms with E-state index in [-0.39, 0.29) is 53.3 Å². The zero-order valence-corrected chi connectivity index (χ0v) is 26.1. The highest BCUT2D eigenvalue weighted by atomic mass is 28.4. The molecule has 222 valence electrons. The summed E-state index contributed by atoms with van der Waals surface area (Å²) in [7, 11) is -0.608. The number of aromatic hydroxyl groups is 1. The van der Waals surface area contributed by atoms with Gasteiger partial charge in [-0.3, -0.25) is 4.79 Å². The van der Waals surface area contributed by atoms with Crippen molar-refractivity contribution < 1.29 is 38.1 Å². The SMILES string of the molecule is COc1ccc(CO[C@H]2/C=C/CC(=O)Cc3cc(O[Si](C)(C)C(C)(C)C)cc(O)c3C(=O)O[C@H](C)C[C@H]3O[C@H]23)cc1. The van der Waals surface area contributed by atoms with Crippen molar-refractivity contribution in [2.24, 2.45) is 0 Å². The van der Waals surface area contributed by atoms with Gasteiger partial charge in [-0.25, -0.2) is 4.79 Å². The largest absolute Gasteiger partial charge is 0.543 e. The summed E-state index contributed by atoms with van der Waals surface area (Å²) < 4.78 is 29.4. The lowest BCUT2D eigenvalue weighted by atomic mass is 9.98. The van der Waals surface area contributed by atoms with Crippen LogP contribution in [-0.2, 0) is 32.0 Å². The number of esters is 1. The molecule has 2 aliphatic rings. The summed E-state index contributed by atoms with van der Waals surface area (Å²) in [4.78, 5) is 26.3. The fourth-order valence-electron chi connectivity index (χ4n) is 4.58. The summed E-state index contributed by atoms with van der Waals surface area (Å²) in [5.74, 6) is 0.170. The van der Waals surface area contributed by atoms with Gasteiger partial charge in [0.2, 0.25) is 8.32 Å². The number of methoxy groups -OCH3 is 1. The maximum Gasteiger partial charge on any atom is 0.342 e. The van der Waals surface area contributed by atoms with Gasteiger partial charge >= 0.3 is 5.97 Å². The number of ether oxygens (including phenoxy) is 4. The molecule has 8 nitrogen and oxygen atoms in total. The Balaban J connectivity index is 1.56. The molecule has 9 heteroatoms. The number of allylic oxidation sites excluding steroid dienone is 1. The van der Waals surface area contributed by atoms with Gasteiger partial charge in [-0.15, -0.1) is 0 Å². The number of rotatable bonds is 6. The molecule has 41 heavy (non-hydrogen) atoms. The van der Waals surface area contributed by atoms with Crippen LogP contribution in [0, 0.1) is 0 Å². The van der Waals surface area contributed by atoms with Crippen LogP contribution in [0.5, 0.6) is 17.2 Å². The summed E-state index contributed by atoms with van der Waals surface area (Å²) in [6, 6.07) is 10.8. The minimum Gasteiger partial charge on any atom is -0.543 e. The highest BCUT2D eigenvalue weighted by Gasteiger charge is 2.46. The van der Waals surface area contributed by atoms with Crippen molar-refractivity contribution >= 4 is 20.1 Å². The third-order valence-corrected chi connectivity index (χ3v) is 12.4. The second-order valence-electron chi connectivity index (χ2n) is 12.4. The van der Waals surface area contributed by atoms with Gasteiger partial charge in [0.1, 0.15) is 46.9 Å². The van der Waals surface area contributed by atoms with Crippen molar-refractivity contribution in [1.29, 1.82) is 0 Å². The average molecular weight is 583 g/mol. The summed E-state index contributed by atoms with van der Waals surface area (Å²) in [6.45, 7) is 12.7. The predicted octanol–water partition coefficient (Wildman–Crippen LogP) is 6.14. The number of cyclic esters (lactones) is 1. The topological polar surface area (TPSA) is 104 Å². The Kier molecular flexibility index (Phi) is 9.31. The van der Waals surface area contributed by atoms with Gasteiger partial charge in [-0.05, 0) is 54.4 Å². The number of epoxide rings is 1. The fraction of sp³-hybridized carbons (Fsp3) is 0.500. The molecule has 2 aliphatic heterocycles. The molecule has 1 N–H and O–H groups in total. The Morgan fingerprint density at radius 1 is 1.07 bits per heavy atom. The molecule has 0 saturated carbocycles. The molecule has 1 saturated heterocycles. The molecule has 2 heterocycles. The van der Waals surface area contributed by atoms with Crippen molar-refractivity contribution in [2.75, 3.05) is 7.11 Å². The summed E-state index contributed by atoms with van der Waals surface area (Å²) in [5.41, 5.74) is 1.38. The fourth-order valence-corrected chi connectivity index (χ4v) is 5.60. The monoisotopic (exact) mass is 582 g/mol. The third kappa shape index (κ3) is 7.78. The number of carbonyl (C=O) groups is 2. The van der Waals surface area contributed by atoms with Crippen LogP contribution in [0.25, 0.3) is 0 Å². The van der Waals surface area contributed by atoms with E-state index in [1.807, 2.05) is 30.3 Å². The van der Waals surface area contributed by atoms with E-state index in [4.69, 9.17) is 23.4 Å². The number of hydrogen-bond acceptors (Lipinski definition) is 8. The molecule has 0 amide bonds. The first-order valence-corrected chi connectivity index (χ1v) is 17.0. The molecule has 0 aliphatic carbocycles. The number of phenolic OH excluding ortho intramolecular Hbond substituents is 1. The number of hydrogen-bond donors (Lipinski definition) is 1. The quantitative estimate of drug-likeness (QED) is 0.187. The standard InChI is InChI=1S/C32H42O8Si/c1-20-15-28-30(39-28)27(37-19-21-11-13-24(36-5)14-12-21)10-8-9-23(33)16-22-17-25(40-41(6,7)32(2,3)4)18-26(34)29(22)31(35)38-20/h8,10-14,17-18,20,27-28,30,34H,9,15-16,19H2,1-7H3/b10-8+/t20-,27+,28-,30-/m1/s1. The Labute approximate surface area is 243 Å². The van der Waals surface area contributed by atoms with E-state index in [0.717, 1.165) is 11.3 Å². The average Bonchev–Trinajstić information content (AvgIpc) is 3.63. The van der Waals surface area contributed by atoms with Crippen LogP contribution < -0.4 is 9.16 Å². The maximum atomic E-state index is 13.2. The van der Waals surface area contributed by atoms with E-state index in [1.165, 1.54) is 6.07 Å². The van der Waals surface area contributed by atoms with Crippen LogP contribution in [0.3, 0.4) is 0 Å². The molecule has 2 aromatic rings.